The van der Waals surface area contributed by atoms with Gasteiger partial charge in [-0.25, -0.2) is 9.07 Å². The first-order valence-electron chi connectivity index (χ1n) is 12.8. The van der Waals surface area contributed by atoms with Crippen molar-refractivity contribution in [2.24, 2.45) is 0 Å². The maximum atomic E-state index is 13.5. The van der Waals surface area contributed by atoms with Crippen molar-refractivity contribution in [1.82, 2.24) is 25.2 Å². The third kappa shape index (κ3) is 4.28. The van der Waals surface area contributed by atoms with Crippen molar-refractivity contribution in [3.05, 3.63) is 81.7 Å². The molecule has 2 aromatic heterocycles. The minimum absolute atomic E-state index is 0.0902. The number of quaternary nitrogens is 1. The summed E-state index contributed by atoms with van der Waals surface area (Å²) in [4.78, 5) is 20.1. The van der Waals surface area contributed by atoms with Crippen LogP contribution >= 0.6 is 0 Å². The van der Waals surface area contributed by atoms with E-state index >= 15 is 0 Å². The van der Waals surface area contributed by atoms with Gasteiger partial charge in [0.25, 0.3) is 5.56 Å². The summed E-state index contributed by atoms with van der Waals surface area (Å²) >= 11 is 0. The Morgan fingerprint density at radius 2 is 1.81 bits per heavy atom. The van der Waals surface area contributed by atoms with Crippen molar-refractivity contribution in [3.63, 3.8) is 0 Å². The van der Waals surface area contributed by atoms with Crippen molar-refractivity contribution in [2.45, 2.75) is 44.7 Å². The maximum Gasteiger partial charge on any atom is 0.258 e. The molecular formula is C27H31FN7O+. The largest absolute Gasteiger partial charge is 0.360 e. The van der Waals surface area contributed by atoms with E-state index in [1.807, 2.05) is 35.9 Å². The zero-order chi connectivity index (χ0) is 24.6. The van der Waals surface area contributed by atoms with E-state index in [4.69, 9.17) is 0 Å². The van der Waals surface area contributed by atoms with E-state index in [1.165, 1.54) is 29.9 Å². The summed E-state index contributed by atoms with van der Waals surface area (Å²) in [6.45, 7) is 5.24. The number of nitrogens with zero attached hydrogens (tertiary/aromatic N) is 5. The second-order valence-electron chi connectivity index (χ2n) is 10.1. The molecule has 4 aromatic rings. The Balaban J connectivity index is 1.38. The van der Waals surface area contributed by atoms with Crippen LogP contribution in [0.25, 0.3) is 10.9 Å². The van der Waals surface area contributed by atoms with Crippen LogP contribution in [0.5, 0.6) is 0 Å². The summed E-state index contributed by atoms with van der Waals surface area (Å²) in [5.41, 5.74) is 3.57. The molecule has 1 atom stereocenters. The summed E-state index contributed by atoms with van der Waals surface area (Å²) < 4.78 is 15.4. The number of aryl methyl sites for hydroxylation is 1. The van der Waals surface area contributed by atoms with Gasteiger partial charge < -0.3 is 14.8 Å². The Kier molecular flexibility index (Phi) is 6.00. The summed E-state index contributed by atoms with van der Waals surface area (Å²) in [5.74, 6) is 0.539. The minimum Gasteiger partial charge on any atom is -0.360 e. The van der Waals surface area contributed by atoms with Gasteiger partial charge in [0.05, 0.1) is 37.8 Å². The average molecular weight is 489 g/mol. The van der Waals surface area contributed by atoms with Crippen LogP contribution in [0.1, 0.15) is 54.7 Å². The number of aromatic amines is 1. The number of fused-ring (bicyclic) bond motifs is 1. The highest BCUT2D eigenvalue weighted by molar-refractivity contribution is 5.79. The zero-order valence-electron chi connectivity index (χ0n) is 20.5. The van der Waals surface area contributed by atoms with Gasteiger partial charge in [-0.3, -0.25) is 4.79 Å². The van der Waals surface area contributed by atoms with Crippen molar-refractivity contribution in [3.8, 4) is 0 Å². The fourth-order valence-corrected chi connectivity index (χ4v) is 5.88. The van der Waals surface area contributed by atoms with E-state index in [0.29, 0.717) is 5.56 Å². The molecule has 6 rings (SSSR count). The normalized spacial score (nSPS) is 18.2. The summed E-state index contributed by atoms with van der Waals surface area (Å²) in [6.07, 6.45) is 4.47. The van der Waals surface area contributed by atoms with Gasteiger partial charge in [-0.2, -0.15) is 0 Å². The molecule has 8 nitrogen and oxygen atoms in total. The van der Waals surface area contributed by atoms with Crippen LogP contribution in [0.2, 0.25) is 0 Å². The van der Waals surface area contributed by atoms with Gasteiger partial charge in [0.1, 0.15) is 5.82 Å². The smallest absolute Gasteiger partial charge is 0.258 e. The number of aromatic nitrogens is 5. The molecule has 1 saturated carbocycles. The van der Waals surface area contributed by atoms with Crippen LogP contribution in [0.4, 0.5) is 10.1 Å². The third-order valence-electron chi connectivity index (χ3n) is 7.79. The van der Waals surface area contributed by atoms with E-state index in [0.717, 1.165) is 67.0 Å². The Morgan fingerprint density at radius 3 is 2.56 bits per heavy atom. The van der Waals surface area contributed by atoms with E-state index in [2.05, 4.69) is 37.5 Å². The molecule has 2 aromatic carbocycles. The van der Waals surface area contributed by atoms with E-state index in [-0.39, 0.29) is 23.5 Å². The third-order valence-corrected chi connectivity index (χ3v) is 7.79. The van der Waals surface area contributed by atoms with Crippen LogP contribution in [0.3, 0.4) is 0 Å². The lowest BCUT2D eigenvalue weighted by atomic mass is 10.0. The standard InChI is InChI=1S/C27H30FN7O/c1-18-6-7-19-17-23(27(36)29-24(19)16-18)25(26-30-31-32-35(26)22-4-2-3-5-22)34-14-12-33(13-15-34)21-10-8-20(28)9-11-21/h6-11,16-17,22,25H,2-5,12-15H2,1H3,(H,29,36)/p+1/t25-/m1/s1. The van der Waals surface area contributed by atoms with Crippen LogP contribution < -0.4 is 15.4 Å². The number of piperazine rings is 1. The molecule has 2 fully saturated rings. The first-order chi connectivity index (χ1) is 17.6. The second-order valence-corrected chi connectivity index (χ2v) is 10.1. The van der Waals surface area contributed by atoms with Gasteiger partial charge in [-0.05, 0) is 77.5 Å². The number of rotatable bonds is 5. The van der Waals surface area contributed by atoms with Gasteiger partial charge in [-0.1, -0.05) is 25.0 Å². The van der Waals surface area contributed by atoms with E-state index in [1.54, 1.807) is 0 Å². The summed E-state index contributed by atoms with van der Waals surface area (Å²) in [6, 6.07) is 14.8. The number of benzene rings is 2. The highest BCUT2D eigenvalue weighted by atomic mass is 19.1. The summed E-state index contributed by atoms with van der Waals surface area (Å²) in [7, 11) is 0. The Labute approximate surface area is 208 Å². The number of halogens is 1. The fraction of sp³-hybridized carbons (Fsp3) is 0.407. The van der Waals surface area contributed by atoms with E-state index in [9.17, 15) is 9.18 Å². The quantitative estimate of drug-likeness (QED) is 0.451. The van der Waals surface area contributed by atoms with Gasteiger partial charge in [0.15, 0.2) is 6.04 Å². The molecule has 0 spiro atoms. The molecule has 3 heterocycles. The molecule has 9 heteroatoms. The van der Waals surface area contributed by atoms with Crippen molar-refractivity contribution < 1.29 is 9.29 Å². The van der Waals surface area contributed by atoms with Crippen molar-refractivity contribution in [1.29, 1.82) is 0 Å². The van der Waals surface area contributed by atoms with Gasteiger partial charge >= 0.3 is 0 Å². The van der Waals surface area contributed by atoms with Crippen LogP contribution in [-0.2, 0) is 0 Å². The van der Waals surface area contributed by atoms with E-state index < -0.39 is 0 Å². The highest BCUT2D eigenvalue weighted by Gasteiger charge is 2.37. The molecule has 1 aliphatic carbocycles. The Bertz CT molecular complexity index is 1420. The Hall–Kier alpha value is -3.59. The lowest BCUT2D eigenvalue weighted by Crippen LogP contribution is -3.15. The molecule has 0 amide bonds. The maximum absolute atomic E-state index is 13.5. The lowest BCUT2D eigenvalue weighted by molar-refractivity contribution is -0.927. The molecule has 0 bridgehead atoms. The number of hydrogen-bond donors (Lipinski definition) is 2. The molecule has 2 N–H and O–H groups in total. The van der Waals surface area contributed by atoms with Gasteiger partial charge in [0, 0.05) is 11.2 Å². The van der Waals surface area contributed by atoms with Gasteiger partial charge in [-0.15, -0.1) is 5.10 Å². The Morgan fingerprint density at radius 1 is 1.06 bits per heavy atom. The first-order valence-corrected chi connectivity index (χ1v) is 12.8. The predicted molar refractivity (Wildman–Crippen MR) is 136 cm³/mol. The van der Waals surface area contributed by atoms with Crippen LogP contribution in [0.15, 0.2) is 53.3 Å². The first kappa shape index (κ1) is 22.8. The highest BCUT2D eigenvalue weighted by Crippen LogP contribution is 2.31. The molecule has 0 radical (unpaired) electrons. The lowest BCUT2D eigenvalue weighted by Gasteiger charge is -2.37. The predicted octanol–water partition coefficient (Wildman–Crippen LogP) is 2.57. The zero-order valence-corrected chi connectivity index (χ0v) is 20.5. The molecule has 1 saturated heterocycles. The average Bonchev–Trinajstić information content (AvgIpc) is 3.58. The molecular weight excluding hydrogens is 457 g/mol. The SMILES string of the molecule is Cc1ccc2cc([C@H](c3nnnn3C3CCCC3)[NH+]3CCN(c4ccc(F)cc4)CC3)c(=O)[nH]c2c1. The minimum atomic E-state index is -0.273. The van der Waals surface area contributed by atoms with Crippen molar-refractivity contribution >= 4 is 16.6 Å². The van der Waals surface area contributed by atoms with Gasteiger partial charge in [0.2, 0.25) is 5.82 Å². The molecule has 186 valence electrons. The molecule has 36 heavy (non-hydrogen) atoms. The number of anilines is 1. The fourth-order valence-electron chi connectivity index (χ4n) is 5.88. The number of hydrogen-bond acceptors (Lipinski definition) is 5. The topological polar surface area (TPSA) is 84.1 Å². The monoisotopic (exact) mass is 488 g/mol. The molecule has 0 unspecified atom stereocenters. The summed E-state index contributed by atoms with van der Waals surface area (Å²) in [5, 5.41) is 14.0. The van der Waals surface area contributed by atoms with Crippen molar-refractivity contribution in [2.75, 3.05) is 31.1 Å². The second kappa shape index (κ2) is 9.46. The number of nitrogens with one attached hydrogen (secondary N) is 2. The van der Waals surface area contributed by atoms with Crippen LogP contribution in [0, 0.1) is 12.7 Å². The number of H-pyrrole nitrogens is 1. The van der Waals surface area contributed by atoms with Crippen LogP contribution in [-0.4, -0.2) is 51.4 Å². The molecule has 1 aliphatic heterocycles. The number of tetrazole rings is 1. The number of pyridine rings is 1. The molecule has 2 aliphatic rings.